The lowest BCUT2D eigenvalue weighted by Crippen LogP contribution is -2.35. The largest absolute Gasteiger partial charge is 0.319 e. The van der Waals surface area contributed by atoms with Gasteiger partial charge in [-0.1, -0.05) is 37.6 Å². The van der Waals surface area contributed by atoms with Crippen molar-refractivity contribution >= 4 is 5.78 Å². The molecule has 88 valence electrons. The van der Waals surface area contributed by atoms with Crippen LogP contribution < -0.4 is 5.32 Å². The predicted octanol–water partition coefficient (Wildman–Crippen LogP) is 2.73. The molecule has 2 heteroatoms. The van der Waals surface area contributed by atoms with Gasteiger partial charge >= 0.3 is 0 Å². The smallest absolute Gasteiger partial charge is 0.169 e. The molecule has 0 atom stereocenters. The first-order valence-corrected chi connectivity index (χ1v) is 5.65. The van der Waals surface area contributed by atoms with Gasteiger partial charge in [-0.05, 0) is 26.5 Å². The van der Waals surface area contributed by atoms with Gasteiger partial charge in [-0.15, -0.1) is 0 Å². The first-order valence-electron chi connectivity index (χ1n) is 5.65. The fraction of sp³-hybridized carbons (Fsp3) is 0.500. The molecule has 1 aromatic rings. The maximum Gasteiger partial charge on any atom is 0.169 e. The van der Waals surface area contributed by atoms with Crippen molar-refractivity contribution in [2.24, 2.45) is 5.41 Å². The third-order valence-corrected chi connectivity index (χ3v) is 2.86. The molecule has 1 aromatic carbocycles. The molecule has 0 heterocycles. The number of carbonyl (C=O) groups excluding carboxylic acids is 1. The summed E-state index contributed by atoms with van der Waals surface area (Å²) in [6.07, 6.45) is 0. The van der Waals surface area contributed by atoms with Gasteiger partial charge in [0, 0.05) is 17.5 Å². The van der Waals surface area contributed by atoms with E-state index in [1.165, 1.54) is 5.56 Å². The zero-order chi connectivity index (χ0) is 12.3. The van der Waals surface area contributed by atoms with E-state index in [1.807, 2.05) is 46.9 Å². The van der Waals surface area contributed by atoms with Crippen LogP contribution in [0, 0.1) is 19.3 Å². The molecule has 0 aliphatic carbocycles. The first kappa shape index (κ1) is 12.9. The molecular formula is C14H21NO. The van der Waals surface area contributed by atoms with Crippen molar-refractivity contribution in [1.29, 1.82) is 0 Å². The Hall–Kier alpha value is -1.15. The van der Waals surface area contributed by atoms with Crippen LogP contribution in [0.1, 0.15) is 35.3 Å². The summed E-state index contributed by atoms with van der Waals surface area (Å²) in [5.41, 5.74) is 2.75. The van der Waals surface area contributed by atoms with E-state index >= 15 is 0 Å². The zero-order valence-electron chi connectivity index (χ0n) is 10.8. The molecule has 2 nitrogen and oxygen atoms in total. The van der Waals surface area contributed by atoms with Crippen LogP contribution in [0.25, 0.3) is 0 Å². The third-order valence-electron chi connectivity index (χ3n) is 2.86. The molecule has 1 N–H and O–H groups in total. The molecule has 0 saturated heterocycles. The lowest BCUT2D eigenvalue weighted by atomic mass is 9.82. The van der Waals surface area contributed by atoms with Gasteiger partial charge in [0.2, 0.25) is 0 Å². The minimum atomic E-state index is -0.352. The highest BCUT2D eigenvalue weighted by atomic mass is 16.1. The summed E-state index contributed by atoms with van der Waals surface area (Å²) in [7, 11) is 1.87. The average Bonchev–Trinajstić information content (AvgIpc) is 2.16. The normalized spacial score (nSPS) is 11.6. The van der Waals surface area contributed by atoms with E-state index in [-0.39, 0.29) is 11.2 Å². The van der Waals surface area contributed by atoms with Crippen LogP contribution >= 0.6 is 0 Å². The second kappa shape index (κ2) is 4.79. The molecule has 0 radical (unpaired) electrons. The molecule has 0 aromatic heterocycles. The highest BCUT2D eigenvalue weighted by Crippen LogP contribution is 2.23. The molecule has 1 rings (SSSR count). The van der Waals surface area contributed by atoms with E-state index in [4.69, 9.17) is 0 Å². The number of hydrogen-bond donors (Lipinski definition) is 1. The molecule has 0 aliphatic rings. The van der Waals surface area contributed by atoms with E-state index in [0.29, 0.717) is 6.54 Å². The van der Waals surface area contributed by atoms with Crippen molar-refractivity contribution in [3.63, 3.8) is 0 Å². The minimum absolute atomic E-state index is 0.208. The number of hydrogen-bond acceptors (Lipinski definition) is 2. The van der Waals surface area contributed by atoms with E-state index in [2.05, 4.69) is 11.4 Å². The molecule has 0 saturated carbocycles. The van der Waals surface area contributed by atoms with E-state index in [1.54, 1.807) is 0 Å². The van der Waals surface area contributed by atoms with Crippen LogP contribution in [-0.2, 0) is 0 Å². The Morgan fingerprint density at radius 3 is 2.44 bits per heavy atom. The lowest BCUT2D eigenvalue weighted by Gasteiger charge is -2.23. The topological polar surface area (TPSA) is 29.1 Å². The standard InChI is InChI=1S/C14H21NO/c1-10-6-7-12(11(2)8-10)13(16)14(3,4)9-15-5/h6-8,15H,9H2,1-5H3. The molecule has 0 bridgehead atoms. The van der Waals surface area contributed by atoms with Crippen LogP contribution in [0.2, 0.25) is 0 Å². The van der Waals surface area contributed by atoms with Gasteiger partial charge in [0.15, 0.2) is 5.78 Å². The summed E-state index contributed by atoms with van der Waals surface area (Å²) in [4.78, 5) is 12.3. The summed E-state index contributed by atoms with van der Waals surface area (Å²) in [6, 6.07) is 5.99. The van der Waals surface area contributed by atoms with Crippen molar-refractivity contribution < 1.29 is 4.79 Å². The Morgan fingerprint density at radius 1 is 1.31 bits per heavy atom. The van der Waals surface area contributed by atoms with Crippen molar-refractivity contribution in [2.45, 2.75) is 27.7 Å². The van der Waals surface area contributed by atoms with Crippen molar-refractivity contribution in [2.75, 3.05) is 13.6 Å². The maximum atomic E-state index is 12.3. The second-order valence-electron chi connectivity index (χ2n) is 5.06. The van der Waals surface area contributed by atoms with E-state index in [9.17, 15) is 4.79 Å². The summed E-state index contributed by atoms with van der Waals surface area (Å²) in [5.74, 6) is 0.208. The van der Waals surface area contributed by atoms with Crippen LogP contribution in [-0.4, -0.2) is 19.4 Å². The number of ketones is 1. The number of benzene rings is 1. The third kappa shape index (κ3) is 2.70. The Morgan fingerprint density at radius 2 is 1.94 bits per heavy atom. The van der Waals surface area contributed by atoms with Gasteiger partial charge in [-0.2, -0.15) is 0 Å². The Bertz CT molecular complexity index is 394. The van der Waals surface area contributed by atoms with Crippen LogP contribution in [0.15, 0.2) is 18.2 Å². The number of rotatable bonds is 4. The van der Waals surface area contributed by atoms with Crippen molar-refractivity contribution in [1.82, 2.24) is 5.32 Å². The molecule has 16 heavy (non-hydrogen) atoms. The highest BCUT2D eigenvalue weighted by molar-refractivity contribution is 6.01. The van der Waals surface area contributed by atoms with Gasteiger partial charge in [0.25, 0.3) is 0 Å². The molecule has 0 spiro atoms. The lowest BCUT2D eigenvalue weighted by molar-refractivity contribution is 0.0838. The Labute approximate surface area is 98.1 Å². The summed E-state index contributed by atoms with van der Waals surface area (Å²) < 4.78 is 0. The SMILES string of the molecule is CNCC(C)(C)C(=O)c1ccc(C)cc1C. The first-order chi connectivity index (χ1) is 7.38. The van der Waals surface area contributed by atoms with E-state index < -0.39 is 0 Å². The minimum Gasteiger partial charge on any atom is -0.319 e. The number of aryl methyl sites for hydroxylation is 2. The highest BCUT2D eigenvalue weighted by Gasteiger charge is 2.28. The monoisotopic (exact) mass is 219 g/mol. The van der Waals surface area contributed by atoms with Gasteiger partial charge in [-0.3, -0.25) is 4.79 Å². The Balaban J connectivity index is 3.05. The van der Waals surface area contributed by atoms with Crippen LogP contribution in [0.5, 0.6) is 0 Å². The summed E-state index contributed by atoms with van der Waals surface area (Å²) in [6.45, 7) is 8.69. The fourth-order valence-corrected chi connectivity index (χ4v) is 1.96. The fourth-order valence-electron chi connectivity index (χ4n) is 1.96. The van der Waals surface area contributed by atoms with Gasteiger partial charge in [0.1, 0.15) is 0 Å². The van der Waals surface area contributed by atoms with Gasteiger partial charge in [0.05, 0.1) is 0 Å². The quantitative estimate of drug-likeness (QED) is 0.789. The molecule has 0 aliphatic heterocycles. The van der Waals surface area contributed by atoms with Gasteiger partial charge in [-0.25, -0.2) is 0 Å². The van der Waals surface area contributed by atoms with E-state index in [0.717, 1.165) is 11.1 Å². The zero-order valence-corrected chi connectivity index (χ0v) is 10.8. The molecule has 0 amide bonds. The van der Waals surface area contributed by atoms with Crippen molar-refractivity contribution in [3.8, 4) is 0 Å². The molecular weight excluding hydrogens is 198 g/mol. The Kier molecular flexibility index (Phi) is 3.87. The predicted molar refractivity (Wildman–Crippen MR) is 68.0 cm³/mol. The number of Topliss-reactive ketones (excluding diaryl/α,β-unsaturated/α-hetero) is 1. The van der Waals surface area contributed by atoms with Crippen molar-refractivity contribution in [3.05, 3.63) is 34.9 Å². The van der Waals surface area contributed by atoms with Gasteiger partial charge < -0.3 is 5.32 Å². The van der Waals surface area contributed by atoms with Crippen LogP contribution in [0.3, 0.4) is 0 Å². The average molecular weight is 219 g/mol. The maximum absolute atomic E-state index is 12.3. The summed E-state index contributed by atoms with van der Waals surface area (Å²) in [5, 5.41) is 3.07. The second-order valence-corrected chi connectivity index (χ2v) is 5.06. The summed E-state index contributed by atoms with van der Waals surface area (Å²) >= 11 is 0. The number of nitrogens with one attached hydrogen (secondary N) is 1. The number of carbonyl (C=O) groups is 1. The van der Waals surface area contributed by atoms with Crippen LogP contribution in [0.4, 0.5) is 0 Å². The molecule has 0 fully saturated rings. The molecule has 0 unspecified atom stereocenters.